The van der Waals surface area contributed by atoms with E-state index in [-0.39, 0.29) is 29.0 Å². The maximum Gasteiger partial charge on any atom is 0.267 e. The fraction of sp³-hybridized carbons (Fsp3) is 0.294. The van der Waals surface area contributed by atoms with Crippen LogP contribution in [0.1, 0.15) is 30.9 Å². The standard InChI is InChI=1S/C17H16F2N4O3/c1-4-13(15(24)21-12-6-5-10(18)7-11(12)19)23-9(3)20-16-14(17(23)25)8(2)22-26-16/h5-7,13H,4H2,1-3H3,(H,21,24). The van der Waals surface area contributed by atoms with Crippen molar-refractivity contribution in [3.8, 4) is 0 Å². The van der Waals surface area contributed by atoms with Crippen LogP contribution in [-0.2, 0) is 4.79 Å². The van der Waals surface area contributed by atoms with E-state index in [9.17, 15) is 18.4 Å². The molecular weight excluding hydrogens is 346 g/mol. The summed E-state index contributed by atoms with van der Waals surface area (Å²) >= 11 is 0. The summed E-state index contributed by atoms with van der Waals surface area (Å²) < 4.78 is 33.0. The van der Waals surface area contributed by atoms with Crippen LogP contribution < -0.4 is 10.9 Å². The molecule has 1 N–H and O–H groups in total. The van der Waals surface area contributed by atoms with Crippen LogP contribution >= 0.6 is 0 Å². The average molecular weight is 362 g/mol. The smallest absolute Gasteiger partial charge is 0.267 e. The number of benzene rings is 1. The average Bonchev–Trinajstić information content (AvgIpc) is 2.94. The van der Waals surface area contributed by atoms with Gasteiger partial charge in [0.25, 0.3) is 11.3 Å². The molecule has 0 saturated carbocycles. The number of anilines is 1. The van der Waals surface area contributed by atoms with Gasteiger partial charge in [0.05, 0.1) is 11.4 Å². The quantitative estimate of drug-likeness (QED) is 0.771. The number of amides is 1. The maximum absolute atomic E-state index is 13.8. The minimum Gasteiger partial charge on any atom is -0.335 e. The summed E-state index contributed by atoms with van der Waals surface area (Å²) in [5.74, 6) is -2.00. The highest BCUT2D eigenvalue weighted by molar-refractivity contribution is 5.94. The van der Waals surface area contributed by atoms with E-state index in [1.807, 2.05) is 0 Å². The lowest BCUT2D eigenvalue weighted by molar-refractivity contribution is -0.119. The van der Waals surface area contributed by atoms with Gasteiger partial charge in [-0.2, -0.15) is 4.98 Å². The van der Waals surface area contributed by atoms with Crippen molar-refractivity contribution in [1.29, 1.82) is 0 Å². The molecule has 0 aliphatic heterocycles. The molecule has 3 aromatic rings. The largest absolute Gasteiger partial charge is 0.335 e. The van der Waals surface area contributed by atoms with Crippen molar-refractivity contribution < 1.29 is 18.1 Å². The molecule has 1 atom stereocenters. The first-order valence-corrected chi connectivity index (χ1v) is 7.94. The Balaban J connectivity index is 2.03. The molecule has 0 saturated heterocycles. The molecule has 0 radical (unpaired) electrons. The summed E-state index contributed by atoms with van der Waals surface area (Å²) in [6, 6.07) is 1.89. The summed E-state index contributed by atoms with van der Waals surface area (Å²) in [5.41, 5.74) is -0.171. The number of nitrogens with zero attached hydrogens (tertiary/aromatic N) is 3. The molecule has 2 heterocycles. The Kier molecular flexibility index (Phi) is 4.54. The van der Waals surface area contributed by atoms with Gasteiger partial charge in [0.2, 0.25) is 5.91 Å². The van der Waals surface area contributed by atoms with E-state index in [2.05, 4.69) is 15.5 Å². The number of aryl methyl sites for hydroxylation is 2. The summed E-state index contributed by atoms with van der Waals surface area (Å²) in [7, 11) is 0. The lowest BCUT2D eigenvalue weighted by Crippen LogP contribution is -2.35. The Labute approximate surface area is 146 Å². The molecule has 7 nitrogen and oxygen atoms in total. The van der Waals surface area contributed by atoms with Gasteiger partial charge in [-0.25, -0.2) is 8.78 Å². The SMILES string of the molecule is CCC(C(=O)Nc1ccc(F)cc1F)n1c(C)nc2onc(C)c2c1=O. The number of hydrogen-bond donors (Lipinski definition) is 1. The van der Waals surface area contributed by atoms with Crippen LogP contribution in [0.5, 0.6) is 0 Å². The van der Waals surface area contributed by atoms with Gasteiger partial charge in [0.1, 0.15) is 28.9 Å². The number of aromatic nitrogens is 3. The Hall–Kier alpha value is -3.10. The molecule has 1 aromatic carbocycles. The van der Waals surface area contributed by atoms with Crippen molar-refractivity contribution in [2.75, 3.05) is 5.32 Å². The zero-order valence-electron chi connectivity index (χ0n) is 14.3. The van der Waals surface area contributed by atoms with Gasteiger partial charge in [0, 0.05) is 6.07 Å². The van der Waals surface area contributed by atoms with Crippen molar-refractivity contribution in [2.45, 2.75) is 33.2 Å². The Bertz CT molecular complexity index is 1060. The van der Waals surface area contributed by atoms with Crippen LogP contribution in [0, 0.1) is 25.5 Å². The van der Waals surface area contributed by atoms with Gasteiger partial charge in [0.15, 0.2) is 0 Å². The van der Waals surface area contributed by atoms with Crippen molar-refractivity contribution in [3.05, 3.63) is 51.7 Å². The molecule has 0 aliphatic carbocycles. The van der Waals surface area contributed by atoms with Crippen LogP contribution in [0.2, 0.25) is 0 Å². The molecule has 0 bridgehead atoms. The van der Waals surface area contributed by atoms with Crippen molar-refractivity contribution >= 4 is 22.7 Å². The zero-order chi connectivity index (χ0) is 19.0. The topological polar surface area (TPSA) is 90.0 Å². The van der Waals surface area contributed by atoms with Crippen molar-refractivity contribution in [1.82, 2.24) is 14.7 Å². The first kappa shape index (κ1) is 17.7. The van der Waals surface area contributed by atoms with E-state index in [4.69, 9.17) is 4.52 Å². The second-order valence-corrected chi connectivity index (χ2v) is 5.82. The molecule has 9 heteroatoms. The van der Waals surface area contributed by atoms with Gasteiger partial charge < -0.3 is 9.84 Å². The van der Waals surface area contributed by atoms with Crippen molar-refractivity contribution in [2.24, 2.45) is 0 Å². The maximum atomic E-state index is 13.8. The normalized spacial score (nSPS) is 12.3. The molecule has 26 heavy (non-hydrogen) atoms. The molecule has 2 aromatic heterocycles. The molecular formula is C17H16F2N4O3. The molecule has 0 aliphatic rings. The fourth-order valence-electron chi connectivity index (χ4n) is 2.81. The lowest BCUT2D eigenvalue weighted by Gasteiger charge is -2.19. The predicted molar refractivity (Wildman–Crippen MR) is 89.9 cm³/mol. The minimum atomic E-state index is -0.932. The molecule has 1 amide bonds. The van der Waals surface area contributed by atoms with Crippen LogP contribution in [0.4, 0.5) is 14.5 Å². The van der Waals surface area contributed by atoms with Gasteiger partial charge in [-0.15, -0.1) is 0 Å². The highest BCUT2D eigenvalue weighted by Crippen LogP contribution is 2.20. The Morgan fingerprint density at radius 1 is 1.35 bits per heavy atom. The number of carbonyl (C=O) groups excluding carboxylic acids is 1. The van der Waals surface area contributed by atoms with Crippen LogP contribution in [0.25, 0.3) is 11.1 Å². The predicted octanol–water partition coefficient (Wildman–Crippen LogP) is 2.87. The highest BCUT2D eigenvalue weighted by Gasteiger charge is 2.25. The summed E-state index contributed by atoms with van der Waals surface area (Å²) in [5, 5.41) is 6.30. The van der Waals surface area contributed by atoms with E-state index < -0.39 is 29.1 Å². The van der Waals surface area contributed by atoms with Gasteiger partial charge in [-0.05, 0) is 32.4 Å². The third-order valence-electron chi connectivity index (χ3n) is 4.08. The zero-order valence-corrected chi connectivity index (χ0v) is 14.3. The molecule has 1 unspecified atom stereocenters. The van der Waals surface area contributed by atoms with E-state index in [1.165, 1.54) is 4.57 Å². The number of hydrogen-bond acceptors (Lipinski definition) is 5. The van der Waals surface area contributed by atoms with Gasteiger partial charge >= 0.3 is 0 Å². The Morgan fingerprint density at radius 3 is 2.73 bits per heavy atom. The second-order valence-electron chi connectivity index (χ2n) is 5.82. The minimum absolute atomic E-state index is 0.0982. The number of halogens is 2. The van der Waals surface area contributed by atoms with Crippen LogP contribution in [-0.4, -0.2) is 20.6 Å². The van der Waals surface area contributed by atoms with Crippen LogP contribution in [0.3, 0.4) is 0 Å². The van der Waals surface area contributed by atoms with E-state index >= 15 is 0 Å². The summed E-state index contributed by atoms with van der Waals surface area (Å²) in [6.45, 7) is 4.87. The van der Waals surface area contributed by atoms with Crippen molar-refractivity contribution in [3.63, 3.8) is 0 Å². The molecule has 0 spiro atoms. The van der Waals surface area contributed by atoms with Gasteiger partial charge in [-0.3, -0.25) is 14.2 Å². The van der Waals surface area contributed by atoms with E-state index in [0.29, 0.717) is 11.8 Å². The first-order valence-electron chi connectivity index (χ1n) is 7.94. The van der Waals surface area contributed by atoms with Gasteiger partial charge in [-0.1, -0.05) is 12.1 Å². The number of carbonyl (C=O) groups is 1. The Morgan fingerprint density at radius 2 is 2.08 bits per heavy atom. The third kappa shape index (κ3) is 2.96. The fourth-order valence-corrected chi connectivity index (χ4v) is 2.81. The van der Waals surface area contributed by atoms with E-state index in [0.717, 1.165) is 12.1 Å². The lowest BCUT2D eigenvalue weighted by atomic mass is 10.1. The molecule has 3 rings (SSSR count). The number of nitrogens with one attached hydrogen (secondary N) is 1. The third-order valence-corrected chi connectivity index (χ3v) is 4.08. The van der Waals surface area contributed by atoms with E-state index in [1.54, 1.807) is 20.8 Å². The molecule has 0 fully saturated rings. The second kappa shape index (κ2) is 6.66. The molecule has 136 valence electrons. The summed E-state index contributed by atoms with van der Waals surface area (Å²) in [4.78, 5) is 29.6. The first-order chi connectivity index (χ1) is 12.3. The highest BCUT2D eigenvalue weighted by atomic mass is 19.1. The van der Waals surface area contributed by atoms with Crippen LogP contribution in [0.15, 0.2) is 27.5 Å². The monoisotopic (exact) mass is 362 g/mol. The number of rotatable bonds is 4. The summed E-state index contributed by atoms with van der Waals surface area (Å²) in [6.07, 6.45) is 0.257. The number of fused-ring (bicyclic) bond motifs is 1.